The number of rotatable bonds is 5. The second-order valence-electron chi connectivity index (χ2n) is 6.04. The van der Waals surface area contributed by atoms with E-state index >= 15 is 0 Å². The minimum Gasteiger partial charge on any atom is -0.497 e. The third-order valence-corrected chi connectivity index (χ3v) is 5.21. The summed E-state index contributed by atoms with van der Waals surface area (Å²) in [6.07, 6.45) is 0. The Kier molecular flexibility index (Phi) is 5.85. The molecule has 3 N–H and O–H groups in total. The van der Waals surface area contributed by atoms with Gasteiger partial charge in [-0.15, -0.1) is 11.3 Å². The van der Waals surface area contributed by atoms with Crippen molar-refractivity contribution in [2.75, 3.05) is 62.0 Å². The van der Waals surface area contributed by atoms with E-state index in [-0.39, 0.29) is 19.2 Å². The first-order valence-corrected chi connectivity index (χ1v) is 9.40. The summed E-state index contributed by atoms with van der Waals surface area (Å²) >= 11 is 1.53. The van der Waals surface area contributed by atoms with Gasteiger partial charge in [-0.05, 0) is 30.3 Å². The number of aliphatic hydroxyl groups excluding tert-OH is 1. The summed E-state index contributed by atoms with van der Waals surface area (Å²) in [5.41, 5.74) is 7.67. The summed E-state index contributed by atoms with van der Waals surface area (Å²) in [5.74, 6) is 0.730. The Hall–Kier alpha value is -2.45. The zero-order valence-corrected chi connectivity index (χ0v) is 15.6. The lowest BCUT2D eigenvalue weighted by Crippen LogP contribution is -2.53. The van der Waals surface area contributed by atoms with Gasteiger partial charge in [-0.2, -0.15) is 0 Å². The predicted molar refractivity (Wildman–Crippen MR) is 105 cm³/mol. The van der Waals surface area contributed by atoms with Crippen LogP contribution in [0.4, 0.5) is 21.2 Å². The summed E-state index contributed by atoms with van der Waals surface area (Å²) in [6, 6.07) is 9.16. The average molecular weight is 376 g/mol. The van der Waals surface area contributed by atoms with Crippen LogP contribution in [0, 0.1) is 0 Å². The van der Waals surface area contributed by atoms with Crippen LogP contribution < -0.4 is 20.3 Å². The largest absolute Gasteiger partial charge is 0.497 e. The number of hydrogen-bond donors (Lipinski definition) is 2. The van der Waals surface area contributed by atoms with Gasteiger partial charge in [0.25, 0.3) is 0 Å². The number of benzene rings is 1. The molecule has 1 fully saturated rings. The number of carbonyl (C=O) groups is 1. The molecular formula is C18H24N4O3S. The van der Waals surface area contributed by atoms with Crippen molar-refractivity contribution >= 4 is 33.7 Å². The molecule has 1 aliphatic heterocycles. The molecule has 140 valence electrons. The number of nitrogens with two attached hydrogens (primary N) is 1. The molecule has 0 saturated carbocycles. The normalized spacial score (nSPS) is 14.4. The van der Waals surface area contributed by atoms with Crippen molar-refractivity contribution in [2.24, 2.45) is 0 Å². The van der Waals surface area contributed by atoms with Gasteiger partial charge in [0.1, 0.15) is 5.75 Å². The molecular weight excluding hydrogens is 352 g/mol. The Morgan fingerprint density at radius 2 is 1.96 bits per heavy atom. The number of hydrogen-bond acceptors (Lipinski definition) is 6. The summed E-state index contributed by atoms with van der Waals surface area (Å²) in [4.78, 5) is 18.6. The maximum Gasteiger partial charge on any atom is 0.324 e. The molecule has 2 amide bonds. The number of ether oxygens (including phenoxy) is 1. The molecule has 0 atom stereocenters. The topological polar surface area (TPSA) is 82.3 Å². The standard InChI is InChI=1S/C18H24N4O3S/c1-25-16-4-2-14(3-5-16)22(10-11-23)18(24)21-8-6-20(7-9-21)15-12-17(19)26-13-15/h2-5,12-13,23H,6-11,19H2,1H3. The Morgan fingerprint density at radius 3 is 2.50 bits per heavy atom. The molecule has 1 saturated heterocycles. The highest BCUT2D eigenvalue weighted by Gasteiger charge is 2.26. The van der Waals surface area contributed by atoms with E-state index in [9.17, 15) is 9.90 Å². The summed E-state index contributed by atoms with van der Waals surface area (Å²) in [5, 5.41) is 12.2. The molecule has 0 aliphatic carbocycles. The van der Waals surface area contributed by atoms with Crippen LogP contribution >= 0.6 is 11.3 Å². The summed E-state index contributed by atoms with van der Waals surface area (Å²) < 4.78 is 5.16. The second kappa shape index (κ2) is 8.29. The number of amides is 2. The Morgan fingerprint density at radius 1 is 1.27 bits per heavy atom. The maximum absolute atomic E-state index is 13.0. The maximum atomic E-state index is 13.0. The fourth-order valence-electron chi connectivity index (χ4n) is 3.03. The quantitative estimate of drug-likeness (QED) is 0.835. The molecule has 8 heteroatoms. The van der Waals surface area contributed by atoms with E-state index in [0.29, 0.717) is 13.1 Å². The van der Waals surface area contributed by atoms with Crippen molar-refractivity contribution in [3.8, 4) is 5.75 Å². The number of urea groups is 1. The number of carbonyl (C=O) groups excluding carboxylic acids is 1. The third-order valence-electron chi connectivity index (χ3n) is 4.46. The molecule has 26 heavy (non-hydrogen) atoms. The van der Waals surface area contributed by atoms with E-state index in [4.69, 9.17) is 10.5 Å². The highest BCUT2D eigenvalue weighted by molar-refractivity contribution is 7.14. The average Bonchev–Trinajstić information content (AvgIpc) is 3.12. The number of methoxy groups -OCH3 is 1. The van der Waals surface area contributed by atoms with Crippen LogP contribution in [-0.2, 0) is 0 Å². The first-order chi connectivity index (χ1) is 12.6. The molecule has 0 radical (unpaired) electrons. The SMILES string of the molecule is COc1ccc(N(CCO)C(=O)N2CCN(c3csc(N)c3)CC2)cc1. The molecule has 1 aliphatic rings. The van der Waals surface area contributed by atoms with Crippen LogP contribution in [0.1, 0.15) is 0 Å². The number of thiophene rings is 1. The van der Waals surface area contributed by atoms with Crippen LogP contribution in [-0.4, -0.2) is 62.5 Å². The third kappa shape index (κ3) is 4.03. The first-order valence-electron chi connectivity index (χ1n) is 8.52. The van der Waals surface area contributed by atoms with Gasteiger partial charge in [0.15, 0.2) is 0 Å². The van der Waals surface area contributed by atoms with Gasteiger partial charge >= 0.3 is 6.03 Å². The van der Waals surface area contributed by atoms with Crippen molar-refractivity contribution in [3.63, 3.8) is 0 Å². The van der Waals surface area contributed by atoms with Crippen molar-refractivity contribution in [1.82, 2.24) is 4.90 Å². The van der Waals surface area contributed by atoms with Crippen molar-refractivity contribution in [3.05, 3.63) is 35.7 Å². The molecule has 0 spiro atoms. The van der Waals surface area contributed by atoms with Gasteiger partial charge < -0.3 is 25.4 Å². The molecule has 2 aromatic rings. The lowest BCUT2D eigenvalue weighted by Gasteiger charge is -2.38. The number of nitrogens with zero attached hydrogens (tertiary/aromatic N) is 3. The highest BCUT2D eigenvalue weighted by atomic mass is 32.1. The zero-order valence-electron chi connectivity index (χ0n) is 14.8. The molecule has 3 rings (SSSR count). The zero-order chi connectivity index (χ0) is 18.5. The van der Waals surface area contributed by atoms with E-state index in [0.717, 1.165) is 35.2 Å². The van der Waals surface area contributed by atoms with Gasteiger partial charge in [0, 0.05) is 42.9 Å². The van der Waals surface area contributed by atoms with Gasteiger partial charge in [-0.25, -0.2) is 4.79 Å². The molecule has 7 nitrogen and oxygen atoms in total. The van der Waals surface area contributed by atoms with Gasteiger partial charge in [-0.1, -0.05) is 0 Å². The number of anilines is 3. The molecule has 1 aromatic carbocycles. The monoisotopic (exact) mass is 376 g/mol. The summed E-state index contributed by atoms with van der Waals surface area (Å²) in [7, 11) is 1.60. The number of nitrogen functional groups attached to an aromatic ring is 1. The van der Waals surface area contributed by atoms with Crippen LogP contribution in [0.15, 0.2) is 35.7 Å². The van der Waals surface area contributed by atoms with Crippen molar-refractivity contribution < 1.29 is 14.6 Å². The second-order valence-corrected chi connectivity index (χ2v) is 6.98. The smallest absolute Gasteiger partial charge is 0.324 e. The van der Waals surface area contributed by atoms with E-state index in [1.807, 2.05) is 40.6 Å². The lowest BCUT2D eigenvalue weighted by molar-refractivity contribution is 0.198. The fourth-order valence-corrected chi connectivity index (χ4v) is 3.69. The summed E-state index contributed by atoms with van der Waals surface area (Å²) in [6.45, 7) is 2.95. The van der Waals surface area contributed by atoms with Crippen LogP contribution in [0.25, 0.3) is 0 Å². The Balaban J connectivity index is 1.66. The fraction of sp³-hybridized carbons (Fsp3) is 0.389. The minimum atomic E-state index is -0.0914. The Bertz CT molecular complexity index is 726. The predicted octanol–water partition coefficient (Wildman–Crippen LogP) is 2.08. The van der Waals surface area contributed by atoms with Crippen molar-refractivity contribution in [2.45, 2.75) is 0 Å². The van der Waals surface area contributed by atoms with Gasteiger partial charge in [0.05, 0.1) is 25.3 Å². The van der Waals surface area contributed by atoms with Gasteiger partial charge in [0.2, 0.25) is 0 Å². The van der Waals surface area contributed by atoms with Gasteiger partial charge in [-0.3, -0.25) is 4.90 Å². The van der Waals surface area contributed by atoms with Crippen LogP contribution in [0.5, 0.6) is 5.75 Å². The van der Waals surface area contributed by atoms with Crippen molar-refractivity contribution in [1.29, 1.82) is 0 Å². The number of aliphatic hydroxyl groups is 1. The molecule has 2 heterocycles. The van der Waals surface area contributed by atoms with E-state index in [1.54, 1.807) is 12.0 Å². The first kappa shape index (κ1) is 18.3. The molecule has 1 aromatic heterocycles. The molecule has 0 bridgehead atoms. The van der Waals surface area contributed by atoms with Crippen LogP contribution in [0.3, 0.4) is 0 Å². The molecule has 0 unspecified atom stereocenters. The van der Waals surface area contributed by atoms with E-state index in [1.165, 1.54) is 11.3 Å². The Labute approximate surface area is 157 Å². The minimum absolute atomic E-state index is 0.0892. The lowest BCUT2D eigenvalue weighted by atomic mass is 10.2. The van der Waals surface area contributed by atoms with E-state index < -0.39 is 0 Å². The van der Waals surface area contributed by atoms with Crippen LogP contribution in [0.2, 0.25) is 0 Å². The highest BCUT2D eigenvalue weighted by Crippen LogP contribution is 2.26. The van der Waals surface area contributed by atoms with E-state index in [2.05, 4.69) is 4.90 Å². The number of piperazine rings is 1.